The smallest absolute Gasteiger partial charge is 0.276 e. The van der Waals surface area contributed by atoms with Crippen molar-refractivity contribution in [1.29, 1.82) is 0 Å². The molecule has 1 aliphatic heterocycles. The van der Waals surface area contributed by atoms with Crippen molar-refractivity contribution < 1.29 is 9.53 Å². The summed E-state index contributed by atoms with van der Waals surface area (Å²) in [6.45, 7) is 0. The molecule has 70 valence electrons. The van der Waals surface area contributed by atoms with Crippen LogP contribution in [0.3, 0.4) is 0 Å². The number of fused-ring (bicyclic) bond motifs is 1. The summed E-state index contributed by atoms with van der Waals surface area (Å²) in [5.74, 6) is -0.0811. The molecule has 0 saturated carbocycles. The van der Waals surface area contributed by atoms with Crippen LogP contribution in [0.25, 0.3) is 0 Å². The number of carbonyl (C=O) groups excluding carboxylic acids is 1. The van der Waals surface area contributed by atoms with Gasteiger partial charge in [0, 0.05) is 27.4 Å². The molecule has 0 aromatic carbocycles. The maximum absolute atomic E-state index is 11.5. The molecule has 2 rings (SSSR count). The standard InChI is InChI=1S/C8H11N3O2/c1-10-4-5-6(9-10)7(12)11(2)8(5)13-3/h4,8H,1-3H3. The number of nitrogens with zero attached hydrogens (tertiary/aromatic N) is 3. The Morgan fingerprint density at radius 2 is 2.23 bits per heavy atom. The second-order valence-corrected chi connectivity index (χ2v) is 3.11. The van der Waals surface area contributed by atoms with Crippen LogP contribution in [0.1, 0.15) is 22.3 Å². The van der Waals surface area contributed by atoms with Crippen LogP contribution in [0.15, 0.2) is 6.20 Å². The highest BCUT2D eigenvalue weighted by Gasteiger charge is 2.37. The molecular formula is C8H11N3O2. The van der Waals surface area contributed by atoms with Crippen molar-refractivity contribution in [3.05, 3.63) is 17.5 Å². The summed E-state index contributed by atoms with van der Waals surface area (Å²) >= 11 is 0. The molecule has 1 atom stereocenters. The maximum Gasteiger partial charge on any atom is 0.276 e. The third-order valence-corrected chi connectivity index (χ3v) is 2.22. The molecule has 1 aromatic rings. The Kier molecular flexibility index (Phi) is 1.63. The van der Waals surface area contributed by atoms with E-state index in [1.807, 2.05) is 6.20 Å². The molecule has 13 heavy (non-hydrogen) atoms. The van der Waals surface area contributed by atoms with Gasteiger partial charge in [0.1, 0.15) is 0 Å². The summed E-state index contributed by atoms with van der Waals surface area (Å²) in [7, 11) is 5.08. The molecule has 2 heterocycles. The third-order valence-electron chi connectivity index (χ3n) is 2.22. The van der Waals surface area contributed by atoms with Gasteiger partial charge in [-0.2, -0.15) is 5.10 Å². The van der Waals surface area contributed by atoms with Gasteiger partial charge >= 0.3 is 0 Å². The van der Waals surface area contributed by atoms with Crippen molar-refractivity contribution in [1.82, 2.24) is 14.7 Å². The summed E-state index contributed by atoms with van der Waals surface area (Å²) in [6, 6.07) is 0. The van der Waals surface area contributed by atoms with E-state index in [-0.39, 0.29) is 12.1 Å². The minimum atomic E-state index is -0.281. The Hall–Kier alpha value is -1.36. The topological polar surface area (TPSA) is 47.4 Å². The van der Waals surface area contributed by atoms with E-state index in [0.717, 1.165) is 5.56 Å². The molecule has 0 bridgehead atoms. The monoisotopic (exact) mass is 181 g/mol. The number of aromatic nitrogens is 2. The summed E-state index contributed by atoms with van der Waals surface area (Å²) in [6.07, 6.45) is 1.53. The average molecular weight is 181 g/mol. The Morgan fingerprint density at radius 1 is 1.54 bits per heavy atom. The molecule has 1 amide bonds. The maximum atomic E-state index is 11.5. The fourth-order valence-electron chi connectivity index (χ4n) is 1.62. The van der Waals surface area contributed by atoms with Gasteiger partial charge in [-0.3, -0.25) is 9.48 Å². The Balaban J connectivity index is 2.51. The van der Waals surface area contributed by atoms with Crippen molar-refractivity contribution in [3.8, 4) is 0 Å². The lowest BCUT2D eigenvalue weighted by Gasteiger charge is -2.18. The number of hydrogen-bond acceptors (Lipinski definition) is 3. The largest absolute Gasteiger partial charge is 0.357 e. The number of amides is 1. The lowest BCUT2D eigenvalue weighted by Crippen LogP contribution is -2.25. The molecule has 5 nitrogen and oxygen atoms in total. The van der Waals surface area contributed by atoms with Crippen LogP contribution in [0.5, 0.6) is 0 Å². The number of aryl methyl sites for hydroxylation is 1. The van der Waals surface area contributed by atoms with Crippen LogP contribution in [0, 0.1) is 0 Å². The minimum absolute atomic E-state index is 0.0811. The van der Waals surface area contributed by atoms with E-state index in [4.69, 9.17) is 4.74 Å². The first-order chi connectivity index (χ1) is 6.15. The van der Waals surface area contributed by atoms with Gasteiger partial charge in [-0.1, -0.05) is 0 Å². The lowest BCUT2D eigenvalue weighted by atomic mass is 10.3. The molecule has 0 saturated heterocycles. The van der Waals surface area contributed by atoms with Crippen molar-refractivity contribution >= 4 is 5.91 Å². The summed E-state index contributed by atoms with van der Waals surface area (Å²) in [5, 5.41) is 4.07. The first-order valence-corrected chi connectivity index (χ1v) is 3.98. The zero-order valence-electron chi connectivity index (χ0n) is 7.81. The first-order valence-electron chi connectivity index (χ1n) is 3.98. The van der Waals surface area contributed by atoms with Crippen LogP contribution in [0.4, 0.5) is 0 Å². The van der Waals surface area contributed by atoms with Crippen molar-refractivity contribution in [2.45, 2.75) is 6.23 Å². The molecule has 1 unspecified atom stereocenters. The molecule has 5 heteroatoms. The Labute approximate surface area is 75.9 Å². The second-order valence-electron chi connectivity index (χ2n) is 3.11. The molecule has 0 N–H and O–H groups in total. The highest BCUT2D eigenvalue weighted by molar-refractivity contribution is 5.96. The van der Waals surface area contributed by atoms with Crippen LogP contribution in [0.2, 0.25) is 0 Å². The third kappa shape index (κ3) is 0.968. The highest BCUT2D eigenvalue weighted by atomic mass is 16.5. The van der Waals surface area contributed by atoms with Gasteiger partial charge < -0.3 is 9.64 Å². The lowest BCUT2D eigenvalue weighted by molar-refractivity contribution is -0.00107. The minimum Gasteiger partial charge on any atom is -0.357 e. The molecule has 1 aliphatic rings. The second kappa shape index (κ2) is 2.56. The zero-order valence-corrected chi connectivity index (χ0v) is 7.81. The predicted molar refractivity (Wildman–Crippen MR) is 45.1 cm³/mol. The summed E-state index contributed by atoms with van der Waals surface area (Å²) < 4.78 is 6.81. The van der Waals surface area contributed by atoms with Gasteiger partial charge in [0.2, 0.25) is 0 Å². The van der Waals surface area contributed by atoms with Gasteiger partial charge in [0.25, 0.3) is 5.91 Å². The average Bonchev–Trinajstić information content (AvgIpc) is 2.54. The van der Waals surface area contributed by atoms with Gasteiger partial charge in [-0.15, -0.1) is 0 Å². The quantitative estimate of drug-likeness (QED) is 0.619. The van der Waals surface area contributed by atoms with Crippen LogP contribution >= 0.6 is 0 Å². The predicted octanol–water partition coefficient (Wildman–Crippen LogP) is 0.151. The molecule has 1 aromatic heterocycles. The van der Waals surface area contributed by atoms with Gasteiger partial charge in [-0.25, -0.2) is 0 Å². The fraction of sp³-hybridized carbons (Fsp3) is 0.500. The van der Waals surface area contributed by atoms with Crippen LogP contribution in [-0.4, -0.2) is 34.7 Å². The van der Waals surface area contributed by atoms with E-state index in [2.05, 4.69) is 5.10 Å². The number of rotatable bonds is 1. The number of carbonyl (C=O) groups is 1. The van der Waals surface area contributed by atoms with E-state index < -0.39 is 0 Å². The van der Waals surface area contributed by atoms with Crippen LogP contribution < -0.4 is 0 Å². The SMILES string of the molecule is COC1c2cn(C)nc2C(=O)N1C. The Morgan fingerprint density at radius 3 is 2.85 bits per heavy atom. The van der Waals surface area contributed by atoms with Crippen molar-refractivity contribution in [3.63, 3.8) is 0 Å². The molecule has 0 radical (unpaired) electrons. The normalized spacial score (nSPS) is 21.0. The molecule has 0 fully saturated rings. The number of methoxy groups -OCH3 is 1. The zero-order chi connectivity index (χ0) is 9.59. The number of hydrogen-bond donors (Lipinski definition) is 0. The van der Waals surface area contributed by atoms with E-state index in [1.165, 1.54) is 4.90 Å². The van der Waals surface area contributed by atoms with Crippen molar-refractivity contribution in [2.24, 2.45) is 7.05 Å². The van der Waals surface area contributed by atoms with E-state index in [9.17, 15) is 4.79 Å². The first kappa shape index (κ1) is 8.25. The summed E-state index contributed by atoms with van der Waals surface area (Å²) in [4.78, 5) is 13.1. The van der Waals surface area contributed by atoms with E-state index in [1.54, 1.807) is 25.9 Å². The van der Waals surface area contributed by atoms with Gasteiger partial charge in [0.15, 0.2) is 11.9 Å². The van der Waals surface area contributed by atoms with Crippen LogP contribution in [-0.2, 0) is 11.8 Å². The molecule has 0 spiro atoms. The van der Waals surface area contributed by atoms with E-state index in [0.29, 0.717) is 5.69 Å². The molecular weight excluding hydrogens is 170 g/mol. The highest BCUT2D eigenvalue weighted by Crippen LogP contribution is 2.31. The summed E-state index contributed by atoms with van der Waals surface area (Å²) in [5.41, 5.74) is 1.34. The van der Waals surface area contributed by atoms with Gasteiger partial charge in [-0.05, 0) is 0 Å². The molecule has 0 aliphatic carbocycles. The van der Waals surface area contributed by atoms with Crippen molar-refractivity contribution in [2.75, 3.05) is 14.2 Å². The number of ether oxygens (including phenoxy) is 1. The fourth-order valence-corrected chi connectivity index (χ4v) is 1.62. The van der Waals surface area contributed by atoms with E-state index >= 15 is 0 Å². The van der Waals surface area contributed by atoms with Gasteiger partial charge in [0.05, 0.1) is 5.56 Å². The Bertz CT molecular complexity index is 358.